The van der Waals surface area contributed by atoms with Gasteiger partial charge in [-0.1, -0.05) is 176 Å². The first-order valence-electron chi connectivity index (χ1n) is 18.4. The van der Waals surface area contributed by atoms with Gasteiger partial charge in [-0.05, 0) is 68.8 Å². The van der Waals surface area contributed by atoms with Gasteiger partial charge in [-0.3, -0.25) is 0 Å². The van der Waals surface area contributed by atoms with E-state index in [1.54, 1.807) is 0 Å². The normalized spacial score (nSPS) is 11.3. The van der Waals surface area contributed by atoms with Gasteiger partial charge in [-0.2, -0.15) is 0 Å². The van der Waals surface area contributed by atoms with Crippen molar-refractivity contribution in [2.45, 2.75) is 0 Å². The minimum atomic E-state index is 0.580. The molecule has 4 heteroatoms. The lowest BCUT2D eigenvalue weighted by Gasteiger charge is -2.10. The molecule has 258 valence electrons. The van der Waals surface area contributed by atoms with Gasteiger partial charge in [0, 0.05) is 27.5 Å². The molecular weight excluding hydrogens is 671 g/mol. The fourth-order valence-electron chi connectivity index (χ4n) is 7.35. The molecule has 0 saturated heterocycles. The zero-order valence-electron chi connectivity index (χ0n) is 29.8. The summed E-state index contributed by atoms with van der Waals surface area (Å²) in [6.45, 7) is 0. The van der Waals surface area contributed by atoms with Crippen molar-refractivity contribution in [3.8, 4) is 78.7 Å². The predicted molar refractivity (Wildman–Crippen MR) is 225 cm³/mol. The summed E-state index contributed by atoms with van der Waals surface area (Å²) in [5, 5.41) is 2.13. The lowest BCUT2D eigenvalue weighted by atomic mass is 9.96. The van der Waals surface area contributed by atoms with Crippen LogP contribution in [0.3, 0.4) is 0 Å². The van der Waals surface area contributed by atoms with Crippen molar-refractivity contribution in [2.24, 2.45) is 0 Å². The predicted octanol–water partition coefficient (Wildman–Crippen LogP) is 13.4. The lowest BCUT2D eigenvalue weighted by Crippen LogP contribution is -2.00. The molecule has 0 amide bonds. The SMILES string of the molecule is c1ccc(-c2ccc(-c3nc(-c4cccc(-c5ccccc5)c4)nc(-c4ccc5c(c4)oc4cccc(-c6ccc(-c7ccccc7)cc6)c45)n3)cc2)cc1. The Morgan fingerprint density at radius 1 is 0.273 bits per heavy atom. The van der Waals surface area contributed by atoms with E-state index in [9.17, 15) is 0 Å². The highest BCUT2D eigenvalue weighted by atomic mass is 16.3. The number of furan rings is 1. The number of rotatable bonds is 7. The zero-order valence-corrected chi connectivity index (χ0v) is 29.8. The molecule has 2 aromatic heterocycles. The number of benzene rings is 8. The molecule has 0 atom stereocenters. The summed E-state index contributed by atoms with van der Waals surface area (Å²) >= 11 is 0. The molecule has 0 spiro atoms. The molecule has 10 aromatic rings. The molecular formula is C51H33N3O. The minimum absolute atomic E-state index is 0.580. The van der Waals surface area contributed by atoms with Crippen LogP contribution in [0, 0.1) is 0 Å². The van der Waals surface area contributed by atoms with Crippen LogP contribution in [0.4, 0.5) is 0 Å². The van der Waals surface area contributed by atoms with Gasteiger partial charge >= 0.3 is 0 Å². The Balaban J connectivity index is 1.07. The van der Waals surface area contributed by atoms with Crippen LogP contribution < -0.4 is 0 Å². The minimum Gasteiger partial charge on any atom is -0.456 e. The van der Waals surface area contributed by atoms with Gasteiger partial charge in [0.05, 0.1) is 0 Å². The van der Waals surface area contributed by atoms with E-state index >= 15 is 0 Å². The van der Waals surface area contributed by atoms with Gasteiger partial charge in [-0.15, -0.1) is 0 Å². The Hall–Kier alpha value is -7.43. The number of nitrogens with zero attached hydrogens (tertiary/aromatic N) is 3. The number of aromatic nitrogens is 3. The number of hydrogen-bond acceptors (Lipinski definition) is 4. The lowest BCUT2D eigenvalue weighted by molar-refractivity contribution is 0.669. The van der Waals surface area contributed by atoms with Crippen molar-refractivity contribution in [3.63, 3.8) is 0 Å². The molecule has 0 aliphatic heterocycles. The highest BCUT2D eigenvalue weighted by molar-refractivity contribution is 6.13. The molecule has 0 N–H and O–H groups in total. The maximum Gasteiger partial charge on any atom is 0.164 e. The van der Waals surface area contributed by atoms with E-state index < -0.39 is 0 Å². The molecule has 4 nitrogen and oxygen atoms in total. The smallest absolute Gasteiger partial charge is 0.164 e. The van der Waals surface area contributed by atoms with Gasteiger partial charge in [0.2, 0.25) is 0 Å². The van der Waals surface area contributed by atoms with Gasteiger partial charge in [0.25, 0.3) is 0 Å². The largest absolute Gasteiger partial charge is 0.456 e. The molecule has 0 aliphatic rings. The van der Waals surface area contributed by atoms with Crippen molar-refractivity contribution in [1.29, 1.82) is 0 Å². The van der Waals surface area contributed by atoms with Gasteiger partial charge in [0.1, 0.15) is 11.2 Å². The first kappa shape index (κ1) is 32.2. The summed E-state index contributed by atoms with van der Waals surface area (Å²) in [5.41, 5.74) is 13.5. The molecule has 0 unspecified atom stereocenters. The van der Waals surface area contributed by atoms with Crippen molar-refractivity contribution in [2.75, 3.05) is 0 Å². The van der Waals surface area contributed by atoms with Crippen molar-refractivity contribution >= 4 is 21.9 Å². The van der Waals surface area contributed by atoms with Crippen LogP contribution in [0.2, 0.25) is 0 Å². The zero-order chi connectivity index (χ0) is 36.6. The maximum absolute atomic E-state index is 6.55. The summed E-state index contributed by atoms with van der Waals surface area (Å²) in [4.78, 5) is 15.2. The summed E-state index contributed by atoms with van der Waals surface area (Å²) < 4.78 is 6.55. The molecule has 0 aliphatic carbocycles. The maximum atomic E-state index is 6.55. The Bertz CT molecular complexity index is 2940. The third-order valence-corrected chi connectivity index (χ3v) is 10.2. The summed E-state index contributed by atoms with van der Waals surface area (Å²) in [7, 11) is 0. The fraction of sp³-hybridized carbons (Fsp3) is 0. The van der Waals surface area contributed by atoms with Crippen LogP contribution in [-0.2, 0) is 0 Å². The van der Waals surface area contributed by atoms with E-state index in [1.165, 1.54) is 11.1 Å². The van der Waals surface area contributed by atoms with Crippen LogP contribution in [-0.4, -0.2) is 15.0 Å². The molecule has 2 heterocycles. The molecule has 10 rings (SSSR count). The first-order chi connectivity index (χ1) is 27.2. The fourth-order valence-corrected chi connectivity index (χ4v) is 7.35. The second kappa shape index (κ2) is 13.8. The van der Waals surface area contributed by atoms with Crippen molar-refractivity contribution < 1.29 is 4.42 Å². The third kappa shape index (κ3) is 6.26. The highest BCUT2D eigenvalue weighted by Crippen LogP contribution is 2.39. The van der Waals surface area contributed by atoms with Crippen LogP contribution in [0.15, 0.2) is 205 Å². The van der Waals surface area contributed by atoms with E-state index in [0.29, 0.717) is 17.5 Å². The van der Waals surface area contributed by atoms with E-state index in [1.807, 2.05) is 24.3 Å². The molecule has 0 bridgehead atoms. The second-order valence-electron chi connectivity index (χ2n) is 13.6. The highest BCUT2D eigenvalue weighted by Gasteiger charge is 2.17. The van der Waals surface area contributed by atoms with Gasteiger partial charge in [-0.25, -0.2) is 15.0 Å². The van der Waals surface area contributed by atoms with Crippen LogP contribution >= 0.6 is 0 Å². The Kier molecular flexibility index (Phi) is 8.12. The Labute approximate surface area is 319 Å². The van der Waals surface area contributed by atoms with Crippen molar-refractivity contribution in [3.05, 3.63) is 200 Å². The average Bonchev–Trinajstić information content (AvgIpc) is 3.66. The summed E-state index contributed by atoms with van der Waals surface area (Å²) in [6, 6.07) is 69.3. The molecule has 0 radical (unpaired) electrons. The third-order valence-electron chi connectivity index (χ3n) is 10.2. The standard InChI is InChI=1S/C51H33N3O/c1-4-12-34(13-5-1)37-22-26-39(27-23-37)44-20-11-21-46-48(44)45-31-30-43(33-47(45)55-46)51-53-49(40-28-24-38(25-29-40)35-14-6-2-7-15-35)52-50(54-51)42-19-10-18-41(32-42)36-16-8-3-9-17-36/h1-33H. The van der Waals surface area contributed by atoms with Crippen LogP contribution in [0.1, 0.15) is 0 Å². The summed E-state index contributed by atoms with van der Waals surface area (Å²) in [5.74, 6) is 1.79. The van der Waals surface area contributed by atoms with Crippen LogP contribution in [0.25, 0.3) is 101 Å². The van der Waals surface area contributed by atoms with Crippen molar-refractivity contribution in [1.82, 2.24) is 15.0 Å². The van der Waals surface area contributed by atoms with Gasteiger partial charge < -0.3 is 4.42 Å². The molecule has 0 saturated carbocycles. The van der Waals surface area contributed by atoms with E-state index in [2.05, 4.69) is 176 Å². The van der Waals surface area contributed by atoms with Crippen LogP contribution in [0.5, 0.6) is 0 Å². The second-order valence-corrected chi connectivity index (χ2v) is 13.6. The van der Waals surface area contributed by atoms with E-state index in [0.717, 1.165) is 72.0 Å². The van der Waals surface area contributed by atoms with E-state index in [4.69, 9.17) is 19.4 Å². The number of hydrogen-bond donors (Lipinski definition) is 0. The topological polar surface area (TPSA) is 51.8 Å². The molecule has 8 aromatic carbocycles. The first-order valence-corrected chi connectivity index (χ1v) is 18.4. The van der Waals surface area contributed by atoms with E-state index in [-0.39, 0.29) is 0 Å². The quantitative estimate of drug-likeness (QED) is 0.166. The van der Waals surface area contributed by atoms with Gasteiger partial charge in [0.15, 0.2) is 17.5 Å². The monoisotopic (exact) mass is 703 g/mol. The Morgan fingerprint density at radius 3 is 1.29 bits per heavy atom. The number of fused-ring (bicyclic) bond motifs is 3. The molecule has 55 heavy (non-hydrogen) atoms. The average molecular weight is 704 g/mol. The Morgan fingerprint density at radius 2 is 0.691 bits per heavy atom. The molecule has 0 fully saturated rings. The summed E-state index contributed by atoms with van der Waals surface area (Å²) in [6.07, 6.45) is 0.